The third-order valence-electron chi connectivity index (χ3n) is 5.96. The summed E-state index contributed by atoms with van der Waals surface area (Å²) in [5.74, 6) is 0.842. The second kappa shape index (κ2) is 8.15. The molecule has 1 aliphatic heterocycles. The minimum atomic E-state index is -0.176. The van der Waals surface area contributed by atoms with Crippen molar-refractivity contribution in [3.63, 3.8) is 0 Å². The smallest absolute Gasteiger partial charge is 0.229 e. The van der Waals surface area contributed by atoms with E-state index in [1.54, 1.807) is 24.6 Å². The van der Waals surface area contributed by atoms with Crippen LogP contribution in [0.1, 0.15) is 18.4 Å². The summed E-state index contributed by atoms with van der Waals surface area (Å²) in [4.78, 5) is 27.5. The zero-order valence-electron chi connectivity index (χ0n) is 17.6. The van der Waals surface area contributed by atoms with E-state index in [9.17, 15) is 4.79 Å². The summed E-state index contributed by atoms with van der Waals surface area (Å²) < 4.78 is 5.30. The van der Waals surface area contributed by atoms with Crippen LogP contribution in [-0.4, -0.2) is 54.1 Å². The van der Waals surface area contributed by atoms with Gasteiger partial charge in [-0.2, -0.15) is 0 Å². The normalized spacial score (nSPS) is 15.4. The SMILES string of the molecule is COc1ccc2cc([C@H](C)C(=O)N3CCN(c4nc5cccnc5s4)CC3)ccc2c1. The molecule has 7 heteroatoms. The minimum Gasteiger partial charge on any atom is -0.497 e. The maximum atomic E-state index is 13.2. The number of amides is 1. The van der Waals surface area contributed by atoms with Crippen LogP contribution < -0.4 is 9.64 Å². The zero-order chi connectivity index (χ0) is 21.4. The van der Waals surface area contributed by atoms with Crippen LogP contribution in [0.2, 0.25) is 0 Å². The Morgan fingerprint density at radius 2 is 1.84 bits per heavy atom. The van der Waals surface area contributed by atoms with E-state index in [-0.39, 0.29) is 11.8 Å². The van der Waals surface area contributed by atoms with Gasteiger partial charge >= 0.3 is 0 Å². The fraction of sp³-hybridized carbons (Fsp3) is 0.292. The molecule has 0 aliphatic carbocycles. The molecule has 0 unspecified atom stereocenters. The van der Waals surface area contributed by atoms with Crippen molar-refractivity contribution in [1.29, 1.82) is 0 Å². The molecule has 1 aliphatic rings. The topological polar surface area (TPSA) is 58.6 Å². The number of piperazine rings is 1. The van der Waals surface area contributed by atoms with E-state index < -0.39 is 0 Å². The van der Waals surface area contributed by atoms with Crippen molar-refractivity contribution in [3.05, 3.63) is 60.3 Å². The Labute approximate surface area is 185 Å². The first-order valence-electron chi connectivity index (χ1n) is 10.5. The second-order valence-corrected chi connectivity index (χ2v) is 8.79. The molecule has 2 aromatic heterocycles. The molecule has 158 valence electrons. The van der Waals surface area contributed by atoms with Gasteiger partial charge in [0.2, 0.25) is 5.91 Å². The highest BCUT2D eigenvalue weighted by Gasteiger charge is 2.27. The lowest BCUT2D eigenvalue weighted by Gasteiger charge is -2.35. The number of hydrogen-bond acceptors (Lipinski definition) is 6. The summed E-state index contributed by atoms with van der Waals surface area (Å²) in [6, 6.07) is 16.1. The summed E-state index contributed by atoms with van der Waals surface area (Å²) >= 11 is 1.61. The number of thiazole rings is 1. The van der Waals surface area contributed by atoms with Gasteiger partial charge < -0.3 is 14.5 Å². The summed E-state index contributed by atoms with van der Waals surface area (Å²) in [6.45, 7) is 4.98. The highest BCUT2D eigenvalue weighted by Crippen LogP contribution is 2.29. The zero-order valence-corrected chi connectivity index (χ0v) is 18.4. The van der Waals surface area contributed by atoms with E-state index in [0.717, 1.165) is 50.7 Å². The highest BCUT2D eigenvalue weighted by molar-refractivity contribution is 7.21. The number of ether oxygens (including phenoxy) is 1. The highest BCUT2D eigenvalue weighted by atomic mass is 32.1. The Morgan fingerprint density at radius 3 is 2.61 bits per heavy atom. The molecule has 6 nitrogen and oxygen atoms in total. The number of anilines is 1. The quantitative estimate of drug-likeness (QED) is 0.481. The third kappa shape index (κ3) is 3.81. The molecule has 0 radical (unpaired) electrons. The van der Waals surface area contributed by atoms with Crippen LogP contribution in [0.15, 0.2) is 54.7 Å². The number of rotatable bonds is 4. The fourth-order valence-corrected chi connectivity index (χ4v) is 5.03. The molecule has 1 saturated heterocycles. The molecular weight excluding hydrogens is 408 g/mol. The van der Waals surface area contributed by atoms with Gasteiger partial charge in [-0.15, -0.1) is 0 Å². The molecule has 5 rings (SSSR count). The number of aromatic nitrogens is 2. The Kier molecular flexibility index (Phi) is 5.19. The molecule has 1 fully saturated rings. The van der Waals surface area contributed by atoms with Crippen LogP contribution in [0.3, 0.4) is 0 Å². The molecule has 2 aromatic carbocycles. The molecule has 0 saturated carbocycles. The standard InChI is InChI=1S/C24H24N4O2S/c1-16(17-5-6-19-15-20(30-2)8-7-18(19)14-17)23(29)27-10-12-28(13-11-27)24-26-21-4-3-9-25-22(21)31-24/h3-9,14-16H,10-13H2,1-2H3/t16-/m0/s1. The van der Waals surface area contributed by atoms with E-state index in [0.29, 0.717) is 13.1 Å². The van der Waals surface area contributed by atoms with Crippen molar-refractivity contribution in [3.8, 4) is 5.75 Å². The number of fused-ring (bicyclic) bond motifs is 2. The number of carbonyl (C=O) groups excluding carboxylic acids is 1. The van der Waals surface area contributed by atoms with Gasteiger partial charge in [0.15, 0.2) is 5.13 Å². The van der Waals surface area contributed by atoms with Crippen LogP contribution in [-0.2, 0) is 4.79 Å². The fourth-order valence-electron chi connectivity index (χ4n) is 4.07. The van der Waals surface area contributed by atoms with Gasteiger partial charge in [0.05, 0.1) is 13.0 Å². The first-order valence-corrected chi connectivity index (χ1v) is 11.3. The molecule has 31 heavy (non-hydrogen) atoms. The number of pyridine rings is 1. The lowest BCUT2D eigenvalue weighted by atomic mass is 9.96. The summed E-state index contributed by atoms with van der Waals surface area (Å²) in [7, 11) is 1.67. The molecule has 0 N–H and O–H groups in total. The molecular formula is C24H24N4O2S. The van der Waals surface area contributed by atoms with Crippen molar-refractivity contribution in [1.82, 2.24) is 14.9 Å². The van der Waals surface area contributed by atoms with E-state index in [1.165, 1.54) is 0 Å². The number of hydrogen-bond donors (Lipinski definition) is 0. The van der Waals surface area contributed by atoms with Gasteiger partial charge in [0.1, 0.15) is 16.1 Å². The average molecular weight is 433 g/mol. The van der Waals surface area contributed by atoms with Gasteiger partial charge in [-0.1, -0.05) is 35.6 Å². The monoisotopic (exact) mass is 432 g/mol. The summed E-state index contributed by atoms with van der Waals surface area (Å²) in [5.41, 5.74) is 1.98. The van der Waals surface area contributed by atoms with Gasteiger partial charge in [-0.05, 0) is 47.5 Å². The predicted octanol–water partition coefficient (Wildman–Crippen LogP) is 4.31. The molecule has 4 aromatic rings. The average Bonchev–Trinajstić information content (AvgIpc) is 3.27. The van der Waals surface area contributed by atoms with Crippen molar-refractivity contribution >= 4 is 43.5 Å². The van der Waals surface area contributed by atoms with Gasteiger partial charge in [-0.3, -0.25) is 4.79 Å². The lowest BCUT2D eigenvalue weighted by Crippen LogP contribution is -2.49. The largest absolute Gasteiger partial charge is 0.497 e. The van der Waals surface area contributed by atoms with E-state index in [1.807, 2.05) is 42.2 Å². The Hall–Kier alpha value is -3.19. The number of methoxy groups -OCH3 is 1. The predicted molar refractivity (Wildman–Crippen MR) is 125 cm³/mol. The van der Waals surface area contributed by atoms with Crippen LogP contribution >= 0.6 is 11.3 Å². The van der Waals surface area contributed by atoms with E-state index >= 15 is 0 Å². The van der Waals surface area contributed by atoms with E-state index in [4.69, 9.17) is 9.72 Å². The van der Waals surface area contributed by atoms with Gasteiger partial charge in [0.25, 0.3) is 0 Å². The Bertz CT molecular complexity index is 1210. The summed E-state index contributed by atoms with van der Waals surface area (Å²) in [5, 5.41) is 3.22. The van der Waals surface area contributed by atoms with Crippen LogP contribution in [0.25, 0.3) is 21.1 Å². The van der Waals surface area contributed by atoms with E-state index in [2.05, 4.69) is 28.1 Å². The number of nitrogens with zero attached hydrogens (tertiary/aromatic N) is 4. The van der Waals surface area contributed by atoms with Gasteiger partial charge in [0, 0.05) is 32.4 Å². The minimum absolute atomic E-state index is 0.176. The number of benzene rings is 2. The van der Waals surface area contributed by atoms with Crippen LogP contribution in [0, 0.1) is 0 Å². The molecule has 1 atom stereocenters. The first kappa shape index (κ1) is 19.8. The molecule has 3 heterocycles. The van der Waals surface area contributed by atoms with Crippen molar-refractivity contribution in [2.45, 2.75) is 12.8 Å². The lowest BCUT2D eigenvalue weighted by molar-refractivity contribution is -0.132. The van der Waals surface area contributed by atoms with Crippen molar-refractivity contribution < 1.29 is 9.53 Å². The second-order valence-electron chi connectivity index (χ2n) is 7.83. The first-order chi connectivity index (χ1) is 15.1. The van der Waals surface area contributed by atoms with Crippen molar-refractivity contribution in [2.24, 2.45) is 0 Å². The Balaban J connectivity index is 1.26. The maximum Gasteiger partial charge on any atom is 0.229 e. The molecule has 0 bridgehead atoms. The number of carbonyl (C=O) groups is 1. The Morgan fingerprint density at radius 1 is 1.06 bits per heavy atom. The van der Waals surface area contributed by atoms with Crippen molar-refractivity contribution in [2.75, 3.05) is 38.2 Å². The maximum absolute atomic E-state index is 13.2. The molecule has 0 spiro atoms. The third-order valence-corrected chi connectivity index (χ3v) is 7.00. The van der Waals surface area contributed by atoms with Gasteiger partial charge in [-0.25, -0.2) is 9.97 Å². The summed E-state index contributed by atoms with van der Waals surface area (Å²) in [6.07, 6.45) is 1.80. The molecule has 1 amide bonds. The van der Waals surface area contributed by atoms with Crippen LogP contribution in [0.4, 0.5) is 5.13 Å². The van der Waals surface area contributed by atoms with Crippen LogP contribution in [0.5, 0.6) is 5.75 Å².